The predicted octanol–water partition coefficient (Wildman–Crippen LogP) is 3.17. The first-order chi connectivity index (χ1) is 7.20. The Balaban J connectivity index is 2.63. The highest BCUT2D eigenvalue weighted by atomic mass is 35.5. The molecule has 0 aliphatic rings. The lowest BCUT2D eigenvalue weighted by atomic mass is 10.1. The van der Waals surface area contributed by atoms with Gasteiger partial charge in [-0.25, -0.2) is 0 Å². The molecule has 0 amide bonds. The molecule has 0 aliphatic carbocycles. The third kappa shape index (κ3) is 3.21. The van der Waals surface area contributed by atoms with Gasteiger partial charge >= 0.3 is 0 Å². The molecule has 0 saturated carbocycles. The zero-order chi connectivity index (χ0) is 11.3. The lowest BCUT2D eigenvalue weighted by Gasteiger charge is -2.12. The SMILES string of the molecule is CCCCCC(O)c1c(Cl)cnn1CC. The van der Waals surface area contributed by atoms with E-state index in [9.17, 15) is 5.11 Å². The molecule has 0 spiro atoms. The van der Waals surface area contributed by atoms with Crippen LogP contribution in [0.4, 0.5) is 0 Å². The van der Waals surface area contributed by atoms with Crippen LogP contribution in [0.5, 0.6) is 0 Å². The largest absolute Gasteiger partial charge is 0.387 e. The van der Waals surface area contributed by atoms with E-state index in [1.54, 1.807) is 10.9 Å². The highest BCUT2D eigenvalue weighted by Gasteiger charge is 2.16. The zero-order valence-corrected chi connectivity index (χ0v) is 10.2. The molecule has 0 radical (unpaired) electrons. The summed E-state index contributed by atoms with van der Waals surface area (Å²) < 4.78 is 1.76. The van der Waals surface area contributed by atoms with Gasteiger partial charge in [-0.3, -0.25) is 4.68 Å². The Morgan fingerprint density at radius 3 is 2.80 bits per heavy atom. The summed E-state index contributed by atoms with van der Waals surface area (Å²) in [5.41, 5.74) is 0.760. The third-order valence-corrected chi connectivity index (χ3v) is 2.82. The van der Waals surface area contributed by atoms with Gasteiger partial charge in [0, 0.05) is 6.54 Å². The van der Waals surface area contributed by atoms with Crippen molar-refractivity contribution < 1.29 is 5.11 Å². The predicted molar refractivity (Wildman–Crippen MR) is 62.0 cm³/mol. The molecule has 0 bridgehead atoms. The maximum atomic E-state index is 9.98. The van der Waals surface area contributed by atoms with Crippen molar-refractivity contribution in [1.29, 1.82) is 0 Å². The number of aromatic nitrogens is 2. The molecule has 0 saturated heterocycles. The second kappa shape index (κ2) is 6.13. The van der Waals surface area contributed by atoms with Crippen molar-refractivity contribution in [3.63, 3.8) is 0 Å². The van der Waals surface area contributed by atoms with Gasteiger partial charge in [-0.05, 0) is 13.3 Å². The van der Waals surface area contributed by atoms with Crippen molar-refractivity contribution in [2.24, 2.45) is 0 Å². The van der Waals surface area contributed by atoms with Crippen LogP contribution in [0.3, 0.4) is 0 Å². The van der Waals surface area contributed by atoms with E-state index in [1.807, 2.05) is 6.92 Å². The molecule has 1 unspecified atom stereocenters. The Morgan fingerprint density at radius 2 is 2.20 bits per heavy atom. The van der Waals surface area contributed by atoms with Crippen molar-refractivity contribution >= 4 is 11.6 Å². The number of nitrogens with zero attached hydrogens (tertiary/aromatic N) is 2. The highest BCUT2D eigenvalue weighted by molar-refractivity contribution is 6.31. The third-order valence-electron chi connectivity index (χ3n) is 2.53. The number of rotatable bonds is 6. The van der Waals surface area contributed by atoms with E-state index in [2.05, 4.69) is 12.0 Å². The number of aliphatic hydroxyl groups excluding tert-OH is 1. The van der Waals surface area contributed by atoms with Crippen molar-refractivity contribution in [3.8, 4) is 0 Å². The number of hydrogen-bond donors (Lipinski definition) is 1. The van der Waals surface area contributed by atoms with Gasteiger partial charge in [0.1, 0.15) is 0 Å². The van der Waals surface area contributed by atoms with Gasteiger partial charge < -0.3 is 5.11 Å². The van der Waals surface area contributed by atoms with Crippen LogP contribution in [0.25, 0.3) is 0 Å². The van der Waals surface area contributed by atoms with Crippen LogP contribution in [0.15, 0.2) is 6.20 Å². The van der Waals surface area contributed by atoms with Crippen LogP contribution < -0.4 is 0 Å². The molecular weight excluding hydrogens is 212 g/mol. The van der Waals surface area contributed by atoms with Gasteiger partial charge in [0.05, 0.1) is 23.0 Å². The zero-order valence-electron chi connectivity index (χ0n) is 9.41. The van der Waals surface area contributed by atoms with Gasteiger partial charge in [0.25, 0.3) is 0 Å². The van der Waals surface area contributed by atoms with Gasteiger partial charge in [-0.2, -0.15) is 5.10 Å². The molecule has 1 heterocycles. The number of aliphatic hydroxyl groups is 1. The van der Waals surface area contributed by atoms with Gasteiger partial charge in [0.15, 0.2) is 0 Å². The lowest BCUT2D eigenvalue weighted by Crippen LogP contribution is -2.08. The average molecular weight is 231 g/mol. The van der Waals surface area contributed by atoms with E-state index < -0.39 is 6.10 Å². The van der Waals surface area contributed by atoms with Crippen LogP contribution in [0.2, 0.25) is 5.02 Å². The Kier molecular flexibility index (Phi) is 5.12. The molecule has 0 fully saturated rings. The fourth-order valence-electron chi connectivity index (χ4n) is 1.68. The molecule has 3 nitrogen and oxygen atoms in total. The smallest absolute Gasteiger partial charge is 0.0971 e. The number of halogens is 1. The van der Waals surface area contributed by atoms with E-state index >= 15 is 0 Å². The summed E-state index contributed by atoms with van der Waals surface area (Å²) in [4.78, 5) is 0. The first kappa shape index (κ1) is 12.5. The minimum absolute atomic E-state index is 0.480. The van der Waals surface area contributed by atoms with Gasteiger partial charge in [0.2, 0.25) is 0 Å². The quantitative estimate of drug-likeness (QED) is 0.763. The van der Waals surface area contributed by atoms with E-state index in [0.29, 0.717) is 5.02 Å². The number of aryl methyl sites for hydroxylation is 1. The van der Waals surface area contributed by atoms with Crippen molar-refractivity contribution in [2.75, 3.05) is 0 Å². The summed E-state index contributed by atoms with van der Waals surface area (Å²) in [6, 6.07) is 0. The van der Waals surface area contributed by atoms with E-state index in [1.165, 1.54) is 0 Å². The van der Waals surface area contributed by atoms with Crippen molar-refractivity contribution in [2.45, 2.75) is 52.2 Å². The van der Waals surface area contributed by atoms with E-state index in [-0.39, 0.29) is 0 Å². The van der Waals surface area contributed by atoms with Gasteiger partial charge in [-0.15, -0.1) is 0 Å². The highest BCUT2D eigenvalue weighted by Crippen LogP contribution is 2.26. The molecule has 1 N–H and O–H groups in total. The molecule has 1 atom stereocenters. The molecule has 1 rings (SSSR count). The summed E-state index contributed by atoms with van der Waals surface area (Å²) in [6.45, 7) is 4.88. The second-order valence-electron chi connectivity index (χ2n) is 3.71. The Labute approximate surface area is 96.1 Å². The molecule has 4 heteroatoms. The minimum Gasteiger partial charge on any atom is -0.387 e. The first-order valence-corrected chi connectivity index (χ1v) is 5.97. The molecule has 1 aromatic rings. The topological polar surface area (TPSA) is 38.1 Å². The summed E-state index contributed by atoms with van der Waals surface area (Å²) in [7, 11) is 0. The first-order valence-electron chi connectivity index (χ1n) is 5.60. The maximum absolute atomic E-state index is 9.98. The molecule has 1 aromatic heterocycles. The molecule has 86 valence electrons. The van der Waals surface area contributed by atoms with E-state index in [0.717, 1.165) is 37.9 Å². The molecular formula is C11H19ClN2O. The van der Waals surface area contributed by atoms with Crippen LogP contribution in [0, 0.1) is 0 Å². The van der Waals surface area contributed by atoms with Crippen LogP contribution in [-0.2, 0) is 6.54 Å². The Morgan fingerprint density at radius 1 is 1.47 bits per heavy atom. The van der Waals surface area contributed by atoms with Crippen molar-refractivity contribution in [1.82, 2.24) is 9.78 Å². The summed E-state index contributed by atoms with van der Waals surface area (Å²) >= 11 is 5.99. The normalized spacial score (nSPS) is 13.1. The minimum atomic E-state index is -0.480. The fraction of sp³-hybridized carbons (Fsp3) is 0.727. The Hall–Kier alpha value is -0.540. The number of hydrogen-bond acceptors (Lipinski definition) is 2. The van der Waals surface area contributed by atoms with Crippen molar-refractivity contribution in [3.05, 3.63) is 16.9 Å². The van der Waals surface area contributed by atoms with Gasteiger partial charge in [-0.1, -0.05) is 37.8 Å². The molecule has 0 aliphatic heterocycles. The van der Waals surface area contributed by atoms with E-state index in [4.69, 9.17) is 11.6 Å². The summed E-state index contributed by atoms with van der Waals surface area (Å²) in [5.74, 6) is 0. The lowest BCUT2D eigenvalue weighted by molar-refractivity contribution is 0.153. The van der Waals surface area contributed by atoms with Crippen LogP contribution in [-0.4, -0.2) is 14.9 Å². The van der Waals surface area contributed by atoms with Crippen LogP contribution >= 0.6 is 11.6 Å². The average Bonchev–Trinajstić information content (AvgIpc) is 2.59. The summed E-state index contributed by atoms with van der Waals surface area (Å²) in [5, 5.41) is 14.7. The molecule has 0 aromatic carbocycles. The standard InChI is InChI=1S/C11H19ClN2O/c1-3-5-6-7-10(15)11-9(12)8-13-14(11)4-2/h8,10,15H,3-7H2,1-2H3. The number of unbranched alkanes of at least 4 members (excludes halogenated alkanes) is 2. The maximum Gasteiger partial charge on any atom is 0.0971 e. The molecule has 15 heavy (non-hydrogen) atoms. The monoisotopic (exact) mass is 230 g/mol. The summed E-state index contributed by atoms with van der Waals surface area (Å²) in [6.07, 6.45) is 5.22. The Bertz CT molecular complexity index is 299. The van der Waals surface area contributed by atoms with Crippen LogP contribution in [0.1, 0.15) is 51.3 Å². The fourth-order valence-corrected chi connectivity index (χ4v) is 1.95. The second-order valence-corrected chi connectivity index (χ2v) is 4.11.